The van der Waals surface area contributed by atoms with Crippen molar-refractivity contribution < 1.29 is 9.59 Å². The van der Waals surface area contributed by atoms with Crippen LogP contribution in [-0.2, 0) is 11.2 Å². The van der Waals surface area contributed by atoms with Gasteiger partial charge in [0.25, 0.3) is 5.91 Å². The molecule has 0 aromatic carbocycles. The van der Waals surface area contributed by atoms with Gasteiger partial charge in [-0.3, -0.25) is 25.4 Å². The molecule has 0 bridgehead atoms. The Kier molecular flexibility index (Phi) is 9.29. The zero-order valence-electron chi connectivity index (χ0n) is 13.8. The summed E-state index contributed by atoms with van der Waals surface area (Å²) in [6, 6.07) is 7.32. The highest BCUT2D eigenvalue weighted by atomic mass is 79.9. The Balaban J connectivity index is 0.000000243. The molecular formula is C17H21BrN4O2. The Bertz CT molecular complexity index is 647. The van der Waals surface area contributed by atoms with Gasteiger partial charge in [-0.05, 0) is 59.5 Å². The first kappa shape index (κ1) is 19.8. The number of nitrogens with one attached hydrogen (secondary N) is 2. The van der Waals surface area contributed by atoms with Gasteiger partial charge in [0.1, 0.15) is 4.60 Å². The molecule has 0 spiro atoms. The van der Waals surface area contributed by atoms with Crippen molar-refractivity contribution in [1.29, 1.82) is 0 Å². The van der Waals surface area contributed by atoms with Crippen LogP contribution in [0.3, 0.4) is 0 Å². The topological polar surface area (TPSA) is 84.0 Å². The molecule has 2 rings (SSSR count). The van der Waals surface area contributed by atoms with E-state index in [1.54, 1.807) is 6.07 Å². The van der Waals surface area contributed by atoms with Crippen LogP contribution in [0.1, 0.15) is 41.4 Å². The van der Waals surface area contributed by atoms with E-state index in [0.717, 1.165) is 5.69 Å². The minimum Gasteiger partial charge on any atom is -0.277 e. The van der Waals surface area contributed by atoms with Crippen molar-refractivity contribution >= 4 is 28.2 Å². The number of nitrogens with zero attached hydrogens (tertiary/aromatic N) is 2. The van der Waals surface area contributed by atoms with E-state index in [0.29, 0.717) is 16.6 Å². The summed E-state index contributed by atoms with van der Waals surface area (Å²) in [6.45, 7) is 4.23. The molecule has 0 aliphatic heterocycles. The highest BCUT2D eigenvalue weighted by molar-refractivity contribution is 9.10. The monoisotopic (exact) mass is 392 g/mol. The third-order valence-electron chi connectivity index (χ3n) is 3.03. The Morgan fingerprint density at radius 1 is 1.29 bits per heavy atom. The van der Waals surface area contributed by atoms with Crippen LogP contribution in [0.25, 0.3) is 0 Å². The predicted octanol–water partition coefficient (Wildman–Crippen LogP) is 2.97. The number of pyridine rings is 2. The number of hydrazine groups is 1. The van der Waals surface area contributed by atoms with Gasteiger partial charge in [0.05, 0.1) is 0 Å². The highest BCUT2D eigenvalue weighted by Crippen LogP contribution is 2.07. The second kappa shape index (κ2) is 11.3. The lowest BCUT2D eigenvalue weighted by molar-refractivity contribution is -0.110. The van der Waals surface area contributed by atoms with E-state index in [9.17, 15) is 9.59 Å². The molecule has 24 heavy (non-hydrogen) atoms. The van der Waals surface area contributed by atoms with Crippen molar-refractivity contribution in [3.63, 3.8) is 0 Å². The Hall–Kier alpha value is -2.28. The van der Waals surface area contributed by atoms with Crippen molar-refractivity contribution in [1.82, 2.24) is 20.8 Å². The number of carbonyl (C=O) groups excluding carboxylic acids is 2. The molecule has 2 aromatic rings. The average molecular weight is 393 g/mol. The molecule has 2 amide bonds. The van der Waals surface area contributed by atoms with Crippen LogP contribution in [0.5, 0.6) is 0 Å². The van der Waals surface area contributed by atoms with Crippen LogP contribution >= 0.6 is 15.9 Å². The largest absolute Gasteiger partial charge is 0.277 e. The third-order valence-corrected chi connectivity index (χ3v) is 3.46. The molecule has 0 aliphatic rings. The summed E-state index contributed by atoms with van der Waals surface area (Å²) < 4.78 is 0.561. The number of carbonyl (C=O) groups is 2. The van der Waals surface area contributed by atoms with E-state index in [1.165, 1.54) is 37.1 Å². The van der Waals surface area contributed by atoms with Crippen molar-refractivity contribution in [2.75, 3.05) is 0 Å². The van der Waals surface area contributed by atoms with Gasteiger partial charge < -0.3 is 0 Å². The molecule has 0 saturated heterocycles. The number of aromatic nitrogens is 2. The standard InChI is InChI=1S/C10H15N.C7H6BrN3O2/c1-3-4-5-10-7-6-9(2)11-8-10;8-6-3-5(1-2-9-6)7(13)11-10-4-12/h6-8H,3-5H2,1-2H3;1-4H,(H,10,12)(H,11,13). The maximum absolute atomic E-state index is 11.2. The number of aryl methyl sites for hydroxylation is 2. The Morgan fingerprint density at radius 2 is 2.08 bits per heavy atom. The second-order valence-corrected chi connectivity index (χ2v) is 5.81. The van der Waals surface area contributed by atoms with Crippen LogP contribution < -0.4 is 10.9 Å². The molecule has 0 radical (unpaired) electrons. The predicted molar refractivity (Wildman–Crippen MR) is 96.2 cm³/mol. The fourth-order valence-corrected chi connectivity index (χ4v) is 2.10. The molecule has 0 unspecified atom stereocenters. The van der Waals surface area contributed by atoms with E-state index in [2.05, 4.69) is 55.8 Å². The molecule has 0 aliphatic carbocycles. The second-order valence-electron chi connectivity index (χ2n) is 4.99. The van der Waals surface area contributed by atoms with Crippen LogP contribution in [-0.4, -0.2) is 22.3 Å². The van der Waals surface area contributed by atoms with Gasteiger partial charge in [-0.15, -0.1) is 0 Å². The summed E-state index contributed by atoms with van der Waals surface area (Å²) in [5.74, 6) is -0.393. The molecule has 128 valence electrons. The SMILES string of the molecule is CCCCc1ccc(C)nc1.O=CNNC(=O)c1ccnc(Br)c1. The van der Waals surface area contributed by atoms with Gasteiger partial charge in [0.15, 0.2) is 0 Å². The molecule has 2 heterocycles. The lowest BCUT2D eigenvalue weighted by Gasteiger charge is -2.01. The van der Waals surface area contributed by atoms with Gasteiger partial charge in [-0.1, -0.05) is 19.4 Å². The first-order chi connectivity index (χ1) is 11.6. The first-order valence-electron chi connectivity index (χ1n) is 7.59. The van der Waals surface area contributed by atoms with E-state index < -0.39 is 5.91 Å². The summed E-state index contributed by atoms with van der Waals surface area (Å²) in [6.07, 6.45) is 7.54. The van der Waals surface area contributed by atoms with E-state index in [-0.39, 0.29) is 0 Å². The Labute approximate surface area is 150 Å². The zero-order valence-corrected chi connectivity index (χ0v) is 15.3. The molecule has 6 nitrogen and oxygen atoms in total. The quantitative estimate of drug-likeness (QED) is 0.449. The Morgan fingerprint density at radius 3 is 2.67 bits per heavy atom. The van der Waals surface area contributed by atoms with Gasteiger partial charge in [0, 0.05) is 23.7 Å². The van der Waals surface area contributed by atoms with Crippen LogP contribution in [0, 0.1) is 6.92 Å². The molecule has 0 atom stereocenters. The number of hydrogen-bond donors (Lipinski definition) is 2. The minimum absolute atomic E-state index is 0.383. The molecule has 0 fully saturated rings. The minimum atomic E-state index is -0.393. The number of unbranched alkanes of at least 4 members (excludes halogenated alkanes) is 1. The fraction of sp³-hybridized carbons (Fsp3) is 0.294. The third kappa shape index (κ3) is 7.82. The number of rotatable bonds is 6. The summed E-state index contributed by atoms with van der Waals surface area (Å²) in [4.78, 5) is 29.1. The maximum atomic E-state index is 11.2. The molecule has 0 saturated carbocycles. The molecule has 7 heteroatoms. The van der Waals surface area contributed by atoms with E-state index in [1.807, 2.05) is 13.1 Å². The van der Waals surface area contributed by atoms with Gasteiger partial charge in [0.2, 0.25) is 6.41 Å². The number of amides is 2. The smallest absolute Gasteiger partial charge is 0.269 e. The van der Waals surface area contributed by atoms with E-state index >= 15 is 0 Å². The summed E-state index contributed by atoms with van der Waals surface area (Å²) in [7, 11) is 0. The first-order valence-corrected chi connectivity index (χ1v) is 8.38. The van der Waals surface area contributed by atoms with Gasteiger partial charge in [-0.25, -0.2) is 4.98 Å². The van der Waals surface area contributed by atoms with Crippen molar-refractivity contribution in [2.24, 2.45) is 0 Å². The van der Waals surface area contributed by atoms with Crippen LogP contribution in [0.15, 0.2) is 41.3 Å². The summed E-state index contributed by atoms with van der Waals surface area (Å²) in [5.41, 5.74) is 7.09. The highest BCUT2D eigenvalue weighted by Gasteiger charge is 2.04. The molecule has 2 aromatic heterocycles. The van der Waals surface area contributed by atoms with Crippen molar-refractivity contribution in [2.45, 2.75) is 33.1 Å². The van der Waals surface area contributed by atoms with Crippen molar-refractivity contribution in [3.8, 4) is 0 Å². The van der Waals surface area contributed by atoms with Crippen LogP contribution in [0.4, 0.5) is 0 Å². The van der Waals surface area contributed by atoms with E-state index in [4.69, 9.17) is 0 Å². The number of hydrogen-bond acceptors (Lipinski definition) is 4. The normalized spacial score (nSPS) is 9.46. The van der Waals surface area contributed by atoms with Crippen LogP contribution in [0.2, 0.25) is 0 Å². The van der Waals surface area contributed by atoms with Gasteiger partial charge >= 0.3 is 0 Å². The molecular weight excluding hydrogens is 372 g/mol. The van der Waals surface area contributed by atoms with Gasteiger partial charge in [-0.2, -0.15) is 0 Å². The number of halogens is 1. The molecule has 2 N–H and O–H groups in total. The summed E-state index contributed by atoms with van der Waals surface area (Å²) in [5, 5.41) is 0. The zero-order chi connectivity index (χ0) is 17.8. The lowest BCUT2D eigenvalue weighted by atomic mass is 10.1. The summed E-state index contributed by atoms with van der Waals surface area (Å²) >= 11 is 3.12. The lowest BCUT2D eigenvalue weighted by Crippen LogP contribution is -2.36. The average Bonchev–Trinajstić information content (AvgIpc) is 2.60. The fourth-order valence-electron chi connectivity index (χ4n) is 1.74. The maximum Gasteiger partial charge on any atom is 0.269 e. The van der Waals surface area contributed by atoms with Crippen molar-refractivity contribution in [3.05, 3.63) is 58.1 Å².